The monoisotopic (exact) mass is 269 g/mol. The van der Waals surface area contributed by atoms with Gasteiger partial charge in [-0.2, -0.15) is 5.10 Å². The molecule has 0 spiro atoms. The van der Waals surface area contributed by atoms with Crippen LogP contribution in [0, 0.1) is 13.8 Å². The summed E-state index contributed by atoms with van der Waals surface area (Å²) < 4.78 is 7.92. The summed E-state index contributed by atoms with van der Waals surface area (Å²) in [5.74, 6) is 1.51. The molecule has 0 amide bonds. The second-order valence-electron chi connectivity index (χ2n) is 3.47. The van der Waals surface area contributed by atoms with Crippen LogP contribution < -0.4 is 5.73 Å². The summed E-state index contributed by atoms with van der Waals surface area (Å²) in [5.41, 5.74) is 7.88. The van der Waals surface area contributed by atoms with Crippen molar-refractivity contribution < 1.29 is 4.42 Å². The van der Waals surface area contributed by atoms with Crippen LogP contribution in [0.15, 0.2) is 21.2 Å². The van der Waals surface area contributed by atoms with Crippen molar-refractivity contribution in [2.45, 2.75) is 20.4 Å². The van der Waals surface area contributed by atoms with Crippen LogP contribution in [-0.4, -0.2) is 9.78 Å². The number of hydrogen-bond acceptors (Lipinski definition) is 3. The fraction of sp³-hybridized carbons (Fsp3) is 0.300. The quantitative estimate of drug-likeness (QED) is 0.912. The Kier molecular flexibility index (Phi) is 2.56. The van der Waals surface area contributed by atoms with E-state index in [4.69, 9.17) is 10.2 Å². The number of anilines is 1. The Bertz CT molecular complexity index is 487. The van der Waals surface area contributed by atoms with Gasteiger partial charge >= 0.3 is 0 Å². The highest BCUT2D eigenvalue weighted by Gasteiger charge is 2.11. The van der Waals surface area contributed by atoms with Gasteiger partial charge in [0.1, 0.15) is 18.1 Å². The number of rotatable bonds is 2. The van der Waals surface area contributed by atoms with Crippen molar-refractivity contribution in [3.8, 4) is 0 Å². The molecule has 0 saturated heterocycles. The average molecular weight is 270 g/mol. The highest BCUT2D eigenvalue weighted by molar-refractivity contribution is 9.10. The van der Waals surface area contributed by atoms with Gasteiger partial charge in [0.2, 0.25) is 0 Å². The molecular weight excluding hydrogens is 258 g/mol. The van der Waals surface area contributed by atoms with Crippen LogP contribution in [0.4, 0.5) is 5.82 Å². The number of nitrogen functional groups attached to an aromatic ring is 1. The normalized spacial score (nSPS) is 10.9. The van der Waals surface area contributed by atoms with Crippen molar-refractivity contribution in [1.82, 2.24) is 9.78 Å². The van der Waals surface area contributed by atoms with Gasteiger partial charge in [0.25, 0.3) is 0 Å². The zero-order valence-electron chi connectivity index (χ0n) is 8.62. The lowest BCUT2D eigenvalue weighted by molar-refractivity contribution is 0.478. The molecule has 2 rings (SSSR count). The van der Waals surface area contributed by atoms with Crippen molar-refractivity contribution in [2.24, 2.45) is 0 Å². The topological polar surface area (TPSA) is 57.0 Å². The summed E-state index contributed by atoms with van der Waals surface area (Å²) in [4.78, 5) is 0. The fourth-order valence-electron chi connectivity index (χ4n) is 1.40. The van der Waals surface area contributed by atoms with Gasteiger partial charge in [0.05, 0.1) is 16.4 Å². The molecule has 4 nitrogen and oxygen atoms in total. The molecule has 0 fully saturated rings. The Hall–Kier alpha value is -1.23. The molecule has 15 heavy (non-hydrogen) atoms. The molecule has 0 aromatic carbocycles. The summed E-state index contributed by atoms with van der Waals surface area (Å²) in [6, 6.07) is 1.93. The summed E-state index contributed by atoms with van der Waals surface area (Å²) >= 11 is 3.38. The zero-order chi connectivity index (χ0) is 11.0. The van der Waals surface area contributed by atoms with E-state index < -0.39 is 0 Å². The SMILES string of the molecule is Cc1ccoc1Cn1nc(C)c(Br)c1N. The molecular formula is C10H12BrN3O. The number of halogens is 1. The van der Waals surface area contributed by atoms with E-state index in [0.29, 0.717) is 12.4 Å². The van der Waals surface area contributed by atoms with Gasteiger partial charge < -0.3 is 10.2 Å². The molecule has 0 aliphatic heterocycles. The predicted octanol–water partition coefficient (Wildman–Crippen LogP) is 2.49. The van der Waals surface area contributed by atoms with Crippen LogP contribution >= 0.6 is 15.9 Å². The van der Waals surface area contributed by atoms with Crippen LogP contribution in [0.5, 0.6) is 0 Å². The van der Waals surface area contributed by atoms with Crippen LogP contribution in [0.25, 0.3) is 0 Å². The minimum absolute atomic E-state index is 0.567. The molecule has 5 heteroatoms. The van der Waals surface area contributed by atoms with Gasteiger partial charge in [-0.05, 0) is 41.4 Å². The lowest BCUT2D eigenvalue weighted by Gasteiger charge is -2.02. The van der Waals surface area contributed by atoms with Crippen molar-refractivity contribution in [3.05, 3.63) is 33.8 Å². The van der Waals surface area contributed by atoms with E-state index in [0.717, 1.165) is 21.5 Å². The molecule has 0 atom stereocenters. The summed E-state index contributed by atoms with van der Waals surface area (Å²) in [6.07, 6.45) is 1.67. The molecule has 0 aliphatic rings. The first-order valence-corrected chi connectivity index (χ1v) is 5.40. The molecule has 2 heterocycles. The van der Waals surface area contributed by atoms with Crippen molar-refractivity contribution in [2.75, 3.05) is 5.73 Å². The summed E-state index contributed by atoms with van der Waals surface area (Å²) in [5, 5.41) is 4.31. The third-order valence-corrected chi connectivity index (χ3v) is 3.33. The molecule has 0 aliphatic carbocycles. The van der Waals surface area contributed by atoms with Crippen molar-refractivity contribution >= 4 is 21.7 Å². The molecule has 2 aromatic heterocycles. The Balaban J connectivity index is 2.33. The maximum Gasteiger partial charge on any atom is 0.136 e. The zero-order valence-corrected chi connectivity index (χ0v) is 10.2. The first kappa shape index (κ1) is 10.3. The van der Waals surface area contributed by atoms with Crippen LogP contribution in [0.3, 0.4) is 0 Å². The number of nitrogens with zero attached hydrogens (tertiary/aromatic N) is 2. The second-order valence-corrected chi connectivity index (χ2v) is 4.26. The standard InChI is InChI=1S/C10H12BrN3O/c1-6-3-4-15-8(6)5-14-10(12)9(11)7(2)13-14/h3-4H,5,12H2,1-2H3. The second kappa shape index (κ2) is 3.73. The van der Waals surface area contributed by atoms with E-state index >= 15 is 0 Å². The molecule has 2 aromatic rings. The number of nitrogens with two attached hydrogens (primary N) is 1. The van der Waals surface area contributed by atoms with Crippen LogP contribution in [0.2, 0.25) is 0 Å². The predicted molar refractivity (Wildman–Crippen MR) is 61.6 cm³/mol. The molecule has 80 valence electrons. The smallest absolute Gasteiger partial charge is 0.136 e. The van der Waals surface area contributed by atoms with Crippen LogP contribution in [-0.2, 0) is 6.54 Å². The highest BCUT2D eigenvalue weighted by Crippen LogP contribution is 2.24. The van der Waals surface area contributed by atoms with E-state index in [1.807, 2.05) is 19.9 Å². The van der Waals surface area contributed by atoms with Gasteiger partial charge in [0, 0.05) is 0 Å². The van der Waals surface area contributed by atoms with E-state index in [1.165, 1.54) is 0 Å². The number of aromatic nitrogens is 2. The molecule has 0 radical (unpaired) electrons. The average Bonchev–Trinajstić information content (AvgIpc) is 2.69. The molecule has 0 saturated carbocycles. The highest BCUT2D eigenvalue weighted by atomic mass is 79.9. The first-order chi connectivity index (χ1) is 7.09. The van der Waals surface area contributed by atoms with Gasteiger partial charge in [-0.3, -0.25) is 0 Å². The lowest BCUT2D eigenvalue weighted by atomic mass is 10.3. The largest absolute Gasteiger partial charge is 0.467 e. The molecule has 2 N–H and O–H groups in total. The van der Waals surface area contributed by atoms with E-state index in [1.54, 1.807) is 10.9 Å². The molecule has 0 bridgehead atoms. The van der Waals surface area contributed by atoms with E-state index in [2.05, 4.69) is 21.0 Å². The number of aryl methyl sites for hydroxylation is 2. The Morgan fingerprint density at radius 1 is 1.53 bits per heavy atom. The minimum Gasteiger partial charge on any atom is -0.467 e. The number of hydrogen-bond donors (Lipinski definition) is 1. The third kappa shape index (κ3) is 1.79. The van der Waals surface area contributed by atoms with Crippen molar-refractivity contribution in [1.29, 1.82) is 0 Å². The molecule has 0 unspecified atom stereocenters. The van der Waals surface area contributed by atoms with Crippen LogP contribution in [0.1, 0.15) is 17.0 Å². The van der Waals surface area contributed by atoms with Gasteiger partial charge in [-0.1, -0.05) is 0 Å². The summed E-state index contributed by atoms with van der Waals surface area (Å²) in [6.45, 7) is 4.48. The van der Waals surface area contributed by atoms with E-state index in [9.17, 15) is 0 Å². The maximum atomic E-state index is 5.88. The van der Waals surface area contributed by atoms with Gasteiger partial charge in [-0.15, -0.1) is 0 Å². The Morgan fingerprint density at radius 2 is 2.27 bits per heavy atom. The van der Waals surface area contributed by atoms with Crippen molar-refractivity contribution in [3.63, 3.8) is 0 Å². The Labute approximate surface area is 96.2 Å². The third-order valence-electron chi connectivity index (χ3n) is 2.35. The minimum atomic E-state index is 0.567. The summed E-state index contributed by atoms with van der Waals surface area (Å²) in [7, 11) is 0. The number of furan rings is 1. The maximum absolute atomic E-state index is 5.88. The van der Waals surface area contributed by atoms with Gasteiger partial charge in [0.15, 0.2) is 0 Å². The fourth-order valence-corrected chi connectivity index (χ4v) is 1.68. The first-order valence-electron chi connectivity index (χ1n) is 4.61. The van der Waals surface area contributed by atoms with Gasteiger partial charge in [-0.25, -0.2) is 4.68 Å². The Morgan fingerprint density at radius 3 is 2.73 bits per heavy atom. The van der Waals surface area contributed by atoms with E-state index in [-0.39, 0.29) is 0 Å². The lowest BCUT2D eigenvalue weighted by Crippen LogP contribution is -2.06.